The zero-order valence-corrected chi connectivity index (χ0v) is 33.2. The number of carbonyl (C=O) groups excluding carboxylic acids is 7. The molecule has 0 bridgehead atoms. The van der Waals surface area contributed by atoms with E-state index in [1.165, 1.54) is 26.0 Å². The van der Waals surface area contributed by atoms with E-state index in [-0.39, 0.29) is 36.9 Å². The fourth-order valence-corrected chi connectivity index (χ4v) is 8.37. The van der Waals surface area contributed by atoms with E-state index in [0.29, 0.717) is 0 Å². The van der Waals surface area contributed by atoms with Crippen molar-refractivity contribution in [3.05, 3.63) is 24.3 Å². The first kappa shape index (κ1) is 43.7. The number of rotatable bonds is 11. The largest absolute Gasteiger partial charge is 0.459 e. The Morgan fingerprint density at radius 2 is 1.42 bits per heavy atom. The van der Waals surface area contributed by atoms with Crippen LogP contribution in [0.25, 0.3) is 0 Å². The van der Waals surface area contributed by atoms with Gasteiger partial charge in [-0.2, -0.15) is 0 Å². The van der Waals surface area contributed by atoms with Crippen molar-refractivity contribution >= 4 is 53.4 Å². The number of carbonyl (C=O) groups is 7. The summed E-state index contributed by atoms with van der Waals surface area (Å²) >= 11 is 6.87. The van der Waals surface area contributed by atoms with Crippen molar-refractivity contribution in [3.63, 3.8) is 0 Å². The van der Waals surface area contributed by atoms with Gasteiger partial charge in [0.05, 0.1) is 23.3 Å². The fourth-order valence-electron chi connectivity index (χ4n) is 8.04. The van der Waals surface area contributed by atoms with Gasteiger partial charge in [-0.1, -0.05) is 47.3 Å². The minimum absolute atomic E-state index is 0.00542. The van der Waals surface area contributed by atoms with Crippen molar-refractivity contribution in [1.82, 2.24) is 0 Å². The summed E-state index contributed by atoms with van der Waals surface area (Å²) < 4.78 is 46.9. The number of aliphatic hydroxyl groups is 1. The normalized spacial score (nSPS) is 36.6. The fraction of sp³-hybridized carbons (Fsp3) is 0.711. The van der Waals surface area contributed by atoms with Crippen LogP contribution in [0.3, 0.4) is 0 Å². The molecule has 1 spiro atoms. The number of halogens is 1. The second-order valence-electron chi connectivity index (χ2n) is 15.7. The average molecular weight is 799 g/mol. The molecule has 12 atom stereocenters. The molecule has 0 amide bonds. The lowest BCUT2D eigenvalue weighted by molar-refractivity contribution is -0.281. The van der Waals surface area contributed by atoms with Crippen LogP contribution in [0, 0.1) is 29.1 Å². The minimum atomic E-state index is -2.50. The van der Waals surface area contributed by atoms with Crippen molar-refractivity contribution in [1.29, 1.82) is 0 Å². The molecule has 0 aromatic carbocycles. The Labute approximate surface area is 324 Å². The average Bonchev–Trinajstić information content (AvgIpc) is 3.81. The van der Waals surface area contributed by atoms with Gasteiger partial charge in [0.1, 0.15) is 17.8 Å². The molecule has 55 heavy (non-hydrogen) atoms. The van der Waals surface area contributed by atoms with Crippen LogP contribution < -0.4 is 0 Å². The molecule has 2 aliphatic carbocycles. The summed E-state index contributed by atoms with van der Waals surface area (Å²) in [6, 6.07) is 0. The predicted octanol–water partition coefficient (Wildman–Crippen LogP) is 2.67. The van der Waals surface area contributed by atoms with Gasteiger partial charge in [0.15, 0.2) is 36.6 Å². The van der Waals surface area contributed by atoms with E-state index in [1.807, 2.05) is 0 Å². The predicted molar refractivity (Wildman–Crippen MR) is 188 cm³/mol. The summed E-state index contributed by atoms with van der Waals surface area (Å²) in [5.74, 6) is -9.50. The number of hydrogen-bond acceptors (Lipinski definition) is 16. The molecule has 0 radical (unpaired) electrons. The van der Waals surface area contributed by atoms with Crippen molar-refractivity contribution in [2.24, 2.45) is 29.1 Å². The van der Waals surface area contributed by atoms with Gasteiger partial charge < -0.3 is 43.0 Å². The van der Waals surface area contributed by atoms with E-state index in [9.17, 15) is 38.7 Å². The molecule has 12 unspecified atom stereocenters. The summed E-state index contributed by atoms with van der Waals surface area (Å²) in [5.41, 5.74) is -6.29. The second kappa shape index (κ2) is 16.6. The lowest BCUT2D eigenvalue weighted by Crippen LogP contribution is -2.76. The summed E-state index contributed by atoms with van der Waals surface area (Å²) in [6.45, 7) is 15.9. The Balaban J connectivity index is 2.10. The lowest BCUT2D eigenvalue weighted by atomic mass is 9.51. The molecule has 0 aromatic rings. The molecular formula is C38H51ClO16. The van der Waals surface area contributed by atoms with Gasteiger partial charge in [-0.15, -0.1) is 11.6 Å². The molecule has 3 fully saturated rings. The molecule has 16 nitrogen and oxygen atoms in total. The first-order valence-electron chi connectivity index (χ1n) is 18.1. The number of fused-ring (bicyclic) bond motifs is 3. The third-order valence-corrected chi connectivity index (χ3v) is 11.0. The molecule has 306 valence electrons. The molecule has 2 aliphatic heterocycles. The Morgan fingerprint density at radius 1 is 0.873 bits per heavy atom. The van der Waals surface area contributed by atoms with Gasteiger partial charge >= 0.3 is 41.8 Å². The van der Waals surface area contributed by atoms with Crippen molar-refractivity contribution in [2.45, 2.75) is 128 Å². The Hall–Kier alpha value is -4.02. The summed E-state index contributed by atoms with van der Waals surface area (Å²) in [7, 11) is 0. The number of hydrogen-bond donors (Lipinski definition) is 1. The maximum atomic E-state index is 13.7. The number of ether oxygens (including phenoxy) is 8. The van der Waals surface area contributed by atoms with Gasteiger partial charge in [-0.05, 0) is 30.4 Å². The molecule has 4 aliphatic rings. The van der Waals surface area contributed by atoms with Crippen LogP contribution in [0.5, 0.6) is 0 Å². The highest BCUT2D eigenvalue weighted by Crippen LogP contribution is 2.63. The third-order valence-electron chi connectivity index (χ3n) is 10.5. The molecule has 1 saturated carbocycles. The van der Waals surface area contributed by atoms with Crippen LogP contribution in [0.4, 0.5) is 0 Å². The molecule has 4 rings (SSSR count). The van der Waals surface area contributed by atoms with E-state index in [4.69, 9.17) is 49.5 Å². The SMILES string of the molecule is C=C1C=CC(OC(=O)COC(=O)CC(C)C)C2(C)C(OC(=O)CC(C)C)C(OC(C)=O)C(OC(C)=O)C3(CO3)C2C(OC(C)=O)C2(O)C(C)C(=O)OC2C1Cl. The second-order valence-corrected chi connectivity index (χ2v) is 16.2. The Bertz CT molecular complexity index is 1600. The van der Waals surface area contributed by atoms with Gasteiger partial charge in [-0.25, -0.2) is 4.79 Å². The topological polar surface area (TPSA) is 217 Å². The molecule has 2 heterocycles. The Kier molecular flexibility index (Phi) is 13.2. The van der Waals surface area contributed by atoms with Crippen molar-refractivity contribution < 1.29 is 76.6 Å². The quantitative estimate of drug-likeness (QED) is 0.138. The summed E-state index contributed by atoms with van der Waals surface area (Å²) in [6.07, 6.45) is -7.57. The highest BCUT2D eigenvalue weighted by molar-refractivity contribution is 6.23. The summed E-state index contributed by atoms with van der Waals surface area (Å²) in [5, 5.41) is 11.6. The van der Waals surface area contributed by atoms with Crippen molar-refractivity contribution in [3.8, 4) is 0 Å². The van der Waals surface area contributed by atoms with Gasteiger partial charge in [0.2, 0.25) is 0 Å². The van der Waals surface area contributed by atoms with E-state index in [2.05, 4.69) is 6.58 Å². The van der Waals surface area contributed by atoms with Crippen LogP contribution in [0.1, 0.15) is 75.2 Å². The smallest absolute Gasteiger partial charge is 0.344 e. The van der Waals surface area contributed by atoms with Gasteiger partial charge in [0.25, 0.3) is 0 Å². The van der Waals surface area contributed by atoms with E-state index < -0.39 is 119 Å². The first-order chi connectivity index (χ1) is 25.5. The molecule has 1 N–H and O–H groups in total. The lowest BCUT2D eigenvalue weighted by Gasteiger charge is -2.59. The van der Waals surface area contributed by atoms with Gasteiger partial charge in [0, 0.05) is 39.5 Å². The van der Waals surface area contributed by atoms with Crippen LogP contribution in [0.2, 0.25) is 0 Å². The maximum absolute atomic E-state index is 13.7. The van der Waals surface area contributed by atoms with Crippen LogP contribution in [0.15, 0.2) is 24.3 Å². The van der Waals surface area contributed by atoms with E-state index >= 15 is 0 Å². The number of epoxide rings is 1. The molecule has 2 saturated heterocycles. The first-order valence-corrected chi connectivity index (χ1v) is 18.6. The highest BCUT2D eigenvalue weighted by atomic mass is 35.5. The monoisotopic (exact) mass is 798 g/mol. The Morgan fingerprint density at radius 3 is 1.95 bits per heavy atom. The molecule has 0 aromatic heterocycles. The zero-order chi connectivity index (χ0) is 41.4. The number of alkyl halides is 1. The maximum Gasteiger partial charge on any atom is 0.344 e. The molecule has 17 heteroatoms. The van der Waals surface area contributed by atoms with Crippen LogP contribution in [-0.4, -0.2) is 113 Å². The highest BCUT2D eigenvalue weighted by Gasteiger charge is 2.81. The zero-order valence-electron chi connectivity index (χ0n) is 32.5. The van der Waals surface area contributed by atoms with Crippen molar-refractivity contribution in [2.75, 3.05) is 13.2 Å². The number of allylic oxidation sites excluding steroid dienone is 1. The minimum Gasteiger partial charge on any atom is -0.459 e. The van der Waals surface area contributed by atoms with E-state index in [1.54, 1.807) is 27.7 Å². The van der Waals surface area contributed by atoms with Crippen LogP contribution in [-0.2, 0) is 71.5 Å². The summed E-state index contributed by atoms with van der Waals surface area (Å²) in [4.78, 5) is 92.0. The number of esters is 7. The van der Waals surface area contributed by atoms with E-state index in [0.717, 1.165) is 20.8 Å². The third kappa shape index (κ3) is 8.70. The van der Waals surface area contributed by atoms with Crippen LogP contribution >= 0.6 is 11.6 Å². The molecular weight excluding hydrogens is 748 g/mol. The van der Waals surface area contributed by atoms with Gasteiger partial charge in [-0.3, -0.25) is 28.8 Å². The standard InChI is InChI=1S/C38H51ClO16/c1-17(2)13-25(43)48-15-27(45)53-24-12-11-19(5)28(39)31-38(47,20(6)35(46)55-31)34(52-23(9)42)30-36(24,10)32(54-26(44)14-18(3)4)29(50-21(7)40)33(51-22(8)41)37(30)16-49-37/h11-12,17-18,20,24,28-34,47H,5,13-16H2,1-4,6-10H3.